The molecule has 1 aliphatic heterocycles. The van der Waals surface area contributed by atoms with Crippen molar-refractivity contribution < 1.29 is 22.5 Å². The second-order valence-electron chi connectivity index (χ2n) is 8.77. The van der Waals surface area contributed by atoms with E-state index < -0.39 is 28.3 Å². The van der Waals surface area contributed by atoms with Crippen molar-refractivity contribution in [3.63, 3.8) is 0 Å². The van der Waals surface area contributed by atoms with Gasteiger partial charge in [0.15, 0.2) is 0 Å². The van der Waals surface area contributed by atoms with Gasteiger partial charge < -0.3 is 14.0 Å². The number of ether oxygens (including phenoxy) is 1. The maximum Gasteiger partial charge on any atom is 0.491 e. The Hall–Kier alpha value is -2.29. The molecule has 31 heavy (non-hydrogen) atoms. The summed E-state index contributed by atoms with van der Waals surface area (Å²) in [6, 6.07) is 13.7. The fourth-order valence-electron chi connectivity index (χ4n) is 3.11. The number of hydrogen-bond acceptors (Lipinski definition) is 5. The lowest BCUT2D eigenvalue weighted by atomic mass is 9.80. The van der Waals surface area contributed by atoms with Crippen molar-refractivity contribution in [2.24, 2.45) is 0 Å². The van der Waals surface area contributed by atoms with Crippen molar-refractivity contribution in [3.05, 3.63) is 65.8 Å². The van der Waals surface area contributed by atoms with E-state index in [1.54, 1.807) is 61.8 Å². The molecule has 0 saturated carbocycles. The quantitative estimate of drug-likeness (QED) is 0.604. The number of aryl methyl sites for hydroxylation is 1. The SMILES string of the molecule is COc1ccc(N(/C=C(\C)B2OC(C)(C)C(C)(C)O2)S(=O)(=O)c2ccc(C)cc2)cc1. The molecule has 2 aromatic rings. The minimum absolute atomic E-state index is 0.201. The Kier molecular flexibility index (Phi) is 6.29. The molecule has 0 unspecified atom stereocenters. The van der Waals surface area contributed by atoms with Crippen LogP contribution in [-0.4, -0.2) is 33.8 Å². The molecule has 0 aliphatic carbocycles. The monoisotopic (exact) mass is 443 g/mol. The highest BCUT2D eigenvalue weighted by atomic mass is 32.2. The summed E-state index contributed by atoms with van der Waals surface area (Å²) in [5.74, 6) is 0.642. The van der Waals surface area contributed by atoms with Crippen LogP contribution in [0.1, 0.15) is 40.2 Å². The first-order valence-corrected chi connectivity index (χ1v) is 11.6. The van der Waals surface area contributed by atoms with Crippen LogP contribution in [0.3, 0.4) is 0 Å². The molecule has 1 heterocycles. The van der Waals surface area contributed by atoms with E-state index in [1.807, 2.05) is 41.5 Å². The largest absolute Gasteiger partial charge is 0.497 e. The Labute approximate surface area is 186 Å². The van der Waals surface area contributed by atoms with Crippen LogP contribution in [0, 0.1) is 6.92 Å². The minimum atomic E-state index is -3.87. The molecule has 3 rings (SSSR count). The highest BCUT2D eigenvalue weighted by Gasteiger charge is 2.51. The smallest absolute Gasteiger partial charge is 0.491 e. The first kappa shape index (κ1) is 23.4. The van der Waals surface area contributed by atoms with Crippen LogP contribution in [-0.2, 0) is 19.3 Å². The van der Waals surface area contributed by atoms with Crippen LogP contribution in [0.4, 0.5) is 5.69 Å². The van der Waals surface area contributed by atoms with Crippen molar-refractivity contribution >= 4 is 22.8 Å². The van der Waals surface area contributed by atoms with Crippen LogP contribution >= 0.6 is 0 Å². The number of benzene rings is 2. The minimum Gasteiger partial charge on any atom is -0.497 e. The second kappa shape index (κ2) is 8.33. The Balaban J connectivity index is 2.06. The standard InChI is InChI=1S/C23H30BNO5S/c1-17-8-14-21(15-9-17)31(26,27)25(19-10-12-20(28-7)13-11-19)16-18(2)24-29-22(3,4)23(5,6)30-24/h8-16H,1-7H3/b18-16+. The van der Waals surface area contributed by atoms with Crippen molar-refractivity contribution in [3.8, 4) is 5.75 Å². The van der Waals surface area contributed by atoms with Gasteiger partial charge in [-0.3, -0.25) is 0 Å². The molecule has 1 fully saturated rings. The topological polar surface area (TPSA) is 65.1 Å². The Morgan fingerprint density at radius 1 is 0.968 bits per heavy atom. The maximum atomic E-state index is 13.6. The lowest BCUT2D eigenvalue weighted by Crippen LogP contribution is -2.41. The van der Waals surface area contributed by atoms with E-state index in [4.69, 9.17) is 14.0 Å². The number of hydrogen-bond donors (Lipinski definition) is 0. The van der Waals surface area contributed by atoms with E-state index in [-0.39, 0.29) is 4.90 Å². The molecule has 6 nitrogen and oxygen atoms in total. The summed E-state index contributed by atoms with van der Waals surface area (Å²) >= 11 is 0. The lowest BCUT2D eigenvalue weighted by molar-refractivity contribution is 0.00578. The molecule has 0 spiro atoms. The molecule has 0 radical (unpaired) electrons. The summed E-state index contributed by atoms with van der Waals surface area (Å²) in [4.78, 5) is 0.201. The van der Waals surface area contributed by atoms with Crippen molar-refractivity contribution in [2.75, 3.05) is 11.4 Å². The van der Waals surface area contributed by atoms with Gasteiger partial charge in [-0.05, 0) is 83.4 Å². The van der Waals surface area contributed by atoms with E-state index in [0.29, 0.717) is 16.9 Å². The summed E-state index contributed by atoms with van der Waals surface area (Å²) in [6.45, 7) is 11.6. The molecule has 0 N–H and O–H groups in total. The molecule has 0 atom stereocenters. The van der Waals surface area contributed by atoms with Gasteiger partial charge in [0.25, 0.3) is 10.0 Å². The highest BCUT2D eigenvalue weighted by molar-refractivity contribution is 7.93. The van der Waals surface area contributed by atoms with Crippen molar-refractivity contribution in [1.82, 2.24) is 0 Å². The van der Waals surface area contributed by atoms with E-state index in [0.717, 1.165) is 5.56 Å². The molecular formula is C23H30BNO5S. The van der Waals surface area contributed by atoms with Crippen LogP contribution in [0.25, 0.3) is 0 Å². The van der Waals surface area contributed by atoms with E-state index in [9.17, 15) is 8.42 Å². The van der Waals surface area contributed by atoms with Gasteiger partial charge in [0.2, 0.25) is 0 Å². The Bertz CT molecular complexity index is 1040. The predicted octanol–water partition coefficient (Wildman–Crippen LogP) is 4.73. The fourth-order valence-corrected chi connectivity index (χ4v) is 4.52. The van der Waals surface area contributed by atoms with Crippen LogP contribution in [0.15, 0.2) is 65.1 Å². The first-order valence-electron chi connectivity index (χ1n) is 10.2. The number of methoxy groups -OCH3 is 1. The zero-order valence-corrected chi connectivity index (χ0v) is 20.0. The predicted molar refractivity (Wildman–Crippen MR) is 124 cm³/mol. The highest BCUT2D eigenvalue weighted by Crippen LogP contribution is 2.39. The third kappa shape index (κ3) is 4.66. The van der Waals surface area contributed by atoms with Crippen LogP contribution in [0.5, 0.6) is 5.75 Å². The number of rotatable bonds is 6. The number of nitrogens with zero attached hydrogens (tertiary/aromatic N) is 1. The number of allylic oxidation sites excluding steroid dienone is 1. The van der Waals surface area contributed by atoms with Gasteiger partial charge in [0.05, 0.1) is 28.9 Å². The van der Waals surface area contributed by atoms with Crippen LogP contribution < -0.4 is 9.04 Å². The van der Waals surface area contributed by atoms with Gasteiger partial charge in [0.1, 0.15) is 5.75 Å². The molecule has 1 aliphatic rings. The van der Waals surface area contributed by atoms with Crippen molar-refractivity contribution in [1.29, 1.82) is 0 Å². The Morgan fingerprint density at radius 3 is 1.97 bits per heavy atom. The summed E-state index contributed by atoms with van der Waals surface area (Å²) in [6.07, 6.45) is 1.57. The maximum absolute atomic E-state index is 13.6. The summed E-state index contributed by atoms with van der Waals surface area (Å²) in [5, 5.41) is 0. The normalized spacial score (nSPS) is 18.2. The molecule has 0 bridgehead atoms. The summed E-state index contributed by atoms with van der Waals surface area (Å²) < 4.78 is 45.8. The van der Waals surface area contributed by atoms with Gasteiger partial charge in [0, 0.05) is 6.20 Å². The molecule has 1 saturated heterocycles. The zero-order valence-electron chi connectivity index (χ0n) is 19.2. The average Bonchev–Trinajstić information content (AvgIpc) is 2.93. The molecule has 0 amide bonds. The van der Waals surface area contributed by atoms with Crippen LogP contribution in [0.2, 0.25) is 0 Å². The van der Waals surface area contributed by atoms with E-state index >= 15 is 0 Å². The lowest BCUT2D eigenvalue weighted by Gasteiger charge is -2.32. The average molecular weight is 443 g/mol. The molecule has 8 heteroatoms. The number of anilines is 1. The van der Waals surface area contributed by atoms with Gasteiger partial charge in [-0.2, -0.15) is 0 Å². The fraction of sp³-hybridized carbons (Fsp3) is 0.391. The van der Waals surface area contributed by atoms with Gasteiger partial charge in [-0.1, -0.05) is 17.7 Å². The third-order valence-corrected chi connectivity index (χ3v) is 7.55. The second-order valence-corrected chi connectivity index (χ2v) is 10.6. The molecule has 166 valence electrons. The van der Waals surface area contributed by atoms with Gasteiger partial charge in [-0.25, -0.2) is 12.7 Å². The third-order valence-electron chi connectivity index (χ3n) is 5.85. The number of sulfonamides is 1. The summed E-state index contributed by atoms with van der Waals surface area (Å²) in [7, 11) is -2.95. The van der Waals surface area contributed by atoms with E-state index in [1.165, 1.54) is 4.31 Å². The summed E-state index contributed by atoms with van der Waals surface area (Å²) in [5.41, 5.74) is 1.07. The van der Waals surface area contributed by atoms with Gasteiger partial charge >= 0.3 is 7.12 Å². The van der Waals surface area contributed by atoms with E-state index in [2.05, 4.69) is 0 Å². The molecule has 2 aromatic carbocycles. The van der Waals surface area contributed by atoms with Gasteiger partial charge in [-0.15, -0.1) is 0 Å². The Morgan fingerprint density at radius 2 is 1.48 bits per heavy atom. The van der Waals surface area contributed by atoms with Crippen molar-refractivity contribution in [2.45, 2.75) is 57.6 Å². The molecule has 0 aromatic heterocycles. The zero-order chi connectivity index (χ0) is 23.0. The molecular weight excluding hydrogens is 413 g/mol. The first-order chi connectivity index (χ1) is 14.4.